The number of aliphatic hydroxyl groups is 1. The number of carbonyl (C=O) groups is 2. The highest BCUT2D eigenvalue weighted by Gasteiger charge is 2.33. The molecule has 1 aromatic carbocycles. The van der Waals surface area contributed by atoms with Gasteiger partial charge in [-0.15, -0.1) is 0 Å². The number of alkyl halides is 1. The lowest BCUT2D eigenvalue weighted by Gasteiger charge is -2.27. The average Bonchev–Trinajstić information content (AvgIpc) is 2.60. The van der Waals surface area contributed by atoms with E-state index < -0.39 is 23.8 Å². The maximum Gasteiger partial charge on any atom is 0.508 e. The molecule has 0 aromatic heterocycles. The fourth-order valence-corrected chi connectivity index (χ4v) is 3.22. The Kier molecular flexibility index (Phi) is 9.08. The maximum atomic E-state index is 12.5. The van der Waals surface area contributed by atoms with Crippen molar-refractivity contribution in [3.8, 4) is 0 Å². The van der Waals surface area contributed by atoms with Crippen LogP contribution in [0, 0.1) is 5.41 Å². The summed E-state index contributed by atoms with van der Waals surface area (Å²) in [6.07, 6.45) is -1.60. The van der Waals surface area contributed by atoms with Gasteiger partial charge in [0.25, 0.3) is 0 Å². The van der Waals surface area contributed by atoms with Crippen molar-refractivity contribution >= 4 is 28.1 Å². The van der Waals surface area contributed by atoms with Crippen LogP contribution in [-0.4, -0.2) is 42.7 Å². The highest BCUT2D eigenvalue weighted by molar-refractivity contribution is 9.09. The third kappa shape index (κ3) is 7.74. The number of benzene rings is 1. The number of halogens is 1. The monoisotopic (exact) mass is 430 g/mol. The van der Waals surface area contributed by atoms with E-state index >= 15 is 0 Å². The van der Waals surface area contributed by atoms with Crippen molar-refractivity contribution in [2.75, 3.05) is 13.2 Å². The number of hydrogen-bond acceptors (Lipinski definition) is 6. The lowest BCUT2D eigenvalue weighted by Crippen LogP contribution is -2.33. The van der Waals surface area contributed by atoms with Gasteiger partial charge in [-0.1, -0.05) is 46.3 Å². The highest BCUT2D eigenvalue weighted by atomic mass is 79.9. The van der Waals surface area contributed by atoms with Crippen molar-refractivity contribution in [2.24, 2.45) is 5.41 Å². The van der Waals surface area contributed by atoms with Crippen molar-refractivity contribution < 1.29 is 28.9 Å². The fraction of sp³-hybridized carbons (Fsp3) is 0.579. The van der Waals surface area contributed by atoms with Crippen molar-refractivity contribution in [1.82, 2.24) is 0 Å². The zero-order valence-corrected chi connectivity index (χ0v) is 17.2. The third-order valence-electron chi connectivity index (χ3n) is 3.70. The van der Waals surface area contributed by atoms with Crippen LogP contribution in [0.25, 0.3) is 0 Å². The summed E-state index contributed by atoms with van der Waals surface area (Å²) in [4.78, 5) is 23.9. The van der Waals surface area contributed by atoms with Gasteiger partial charge in [0, 0.05) is 4.83 Å². The van der Waals surface area contributed by atoms with Crippen LogP contribution in [0.3, 0.4) is 0 Å². The van der Waals surface area contributed by atoms with E-state index in [-0.39, 0.29) is 24.0 Å². The molecule has 146 valence electrons. The van der Waals surface area contributed by atoms with Crippen molar-refractivity contribution in [3.05, 3.63) is 35.9 Å². The van der Waals surface area contributed by atoms with Crippen LogP contribution in [0.1, 0.15) is 44.5 Å². The number of aliphatic hydroxyl groups excluding tert-OH is 1. The van der Waals surface area contributed by atoms with Crippen molar-refractivity contribution in [1.29, 1.82) is 0 Å². The predicted octanol–water partition coefficient (Wildman–Crippen LogP) is 4.00. The van der Waals surface area contributed by atoms with E-state index in [2.05, 4.69) is 15.9 Å². The van der Waals surface area contributed by atoms with E-state index in [1.165, 1.54) is 6.92 Å². The quantitative estimate of drug-likeness (QED) is 0.470. The van der Waals surface area contributed by atoms with Gasteiger partial charge < -0.3 is 19.3 Å². The molecule has 0 amide bonds. The summed E-state index contributed by atoms with van der Waals surface area (Å²) < 4.78 is 15.0. The molecule has 0 fully saturated rings. The Hall–Kier alpha value is -1.60. The second kappa shape index (κ2) is 10.5. The molecule has 0 spiro atoms. The summed E-state index contributed by atoms with van der Waals surface area (Å²) in [5.74, 6) is -0.369. The molecule has 7 heteroatoms. The lowest BCUT2D eigenvalue weighted by molar-refractivity contribution is -0.161. The molecule has 0 heterocycles. The predicted molar refractivity (Wildman–Crippen MR) is 101 cm³/mol. The number of carbonyl (C=O) groups excluding carboxylic acids is 2. The molecule has 0 saturated heterocycles. The standard InChI is InChI=1S/C19H27BrO6/c1-13(11-21)26-18(23)24-12-14(2)25-17(22)19(3,4)10-16(20)15-8-6-5-7-9-15/h5-9,13-14,16,21H,10-12H2,1-4H3. The normalized spacial score (nSPS) is 14.8. The van der Waals surface area contributed by atoms with Crippen LogP contribution in [0.15, 0.2) is 30.3 Å². The van der Waals surface area contributed by atoms with Gasteiger partial charge in [0.1, 0.15) is 18.8 Å². The van der Waals surface area contributed by atoms with Crippen LogP contribution < -0.4 is 0 Å². The Labute approximate surface area is 163 Å². The van der Waals surface area contributed by atoms with Gasteiger partial charge in [0.05, 0.1) is 12.0 Å². The summed E-state index contributed by atoms with van der Waals surface area (Å²) in [6.45, 7) is 6.41. The fourth-order valence-electron chi connectivity index (χ4n) is 2.11. The van der Waals surface area contributed by atoms with E-state index in [1.807, 2.05) is 44.2 Å². The molecule has 0 aliphatic rings. The van der Waals surface area contributed by atoms with Gasteiger partial charge in [0.2, 0.25) is 0 Å². The summed E-state index contributed by atoms with van der Waals surface area (Å²) >= 11 is 3.62. The number of hydrogen-bond donors (Lipinski definition) is 1. The van der Waals surface area contributed by atoms with Crippen LogP contribution in [0.4, 0.5) is 4.79 Å². The first-order chi connectivity index (χ1) is 12.2. The molecule has 0 radical (unpaired) electrons. The smallest absolute Gasteiger partial charge is 0.459 e. The molecular formula is C19H27BrO6. The van der Waals surface area contributed by atoms with E-state index in [1.54, 1.807) is 6.92 Å². The molecule has 0 aliphatic heterocycles. The summed E-state index contributed by atoms with van der Waals surface area (Å²) in [5, 5.41) is 8.82. The summed E-state index contributed by atoms with van der Waals surface area (Å²) in [5.41, 5.74) is 0.370. The van der Waals surface area contributed by atoms with Gasteiger partial charge in [-0.05, 0) is 39.7 Å². The topological polar surface area (TPSA) is 82.1 Å². The first kappa shape index (κ1) is 22.4. The molecule has 6 nitrogen and oxygen atoms in total. The number of esters is 1. The van der Waals surface area contributed by atoms with E-state index in [9.17, 15) is 9.59 Å². The summed E-state index contributed by atoms with van der Waals surface area (Å²) in [7, 11) is 0. The molecule has 0 bridgehead atoms. The second-order valence-electron chi connectivity index (χ2n) is 6.85. The zero-order chi connectivity index (χ0) is 19.7. The molecule has 0 saturated carbocycles. The summed E-state index contributed by atoms with van der Waals surface area (Å²) in [6, 6.07) is 9.83. The lowest BCUT2D eigenvalue weighted by atomic mass is 9.86. The molecule has 26 heavy (non-hydrogen) atoms. The Bertz CT molecular complexity index is 575. The van der Waals surface area contributed by atoms with E-state index in [4.69, 9.17) is 19.3 Å². The Morgan fingerprint density at radius 2 is 1.73 bits per heavy atom. The molecule has 1 rings (SSSR count). The number of ether oxygens (including phenoxy) is 3. The largest absolute Gasteiger partial charge is 0.508 e. The van der Waals surface area contributed by atoms with Crippen molar-refractivity contribution in [3.63, 3.8) is 0 Å². The molecule has 0 aliphatic carbocycles. The molecule has 3 unspecified atom stereocenters. The zero-order valence-electron chi connectivity index (χ0n) is 15.6. The highest BCUT2D eigenvalue weighted by Crippen LogP contribution is 2.36. The van der Waals surface area contributed by atoms with Gasteiger partial charge >= 0.3 is 12.1 Å². The SMILES string of the molecule is CC(CO)OC(=O)OCC(C)OC(=O)C(C)(C)CC(Br)c1ccccc1. The third-order valence-corrected chi connectivity index (χ3v) is 4.55. The van der Waals surface area contributed by atoms with Crippen LogP contribution in [0.2, 0.25) is 0 Å². The minimum absolute atomic E-state index is 0.0211. The van der Waals surface area contributed by atoms with Gasteiger partial charge in [-0.25, -0.2) is 4.79 Å². The van der Waals surface area contributed by atoms with Crippen LogP contribution in [-0.2, 0) is 19.0 Å². The first-order valence-electron chi connectivity index (χ1n) is 8.50. The molecular weight excluding hydrogens is 404 g/mol. The van der Waals surface area contributed by atoms with E-state index in [0.29, 0.717) is 6.42 Å². The van der Waals surface area contributed by atoms with Gasteiger partial charge in [-0.2, -0.15) is 0 Å². The van der Waals surface area contributed by atoms with Crippen LogP contribution in [0.5, 0.6) is 0 Å². The minimum Gasteiger partial charge on any atom is -0.459 e. The van der Waals surface area contributed by atoms with Gasteiger partial charge in [-0.3, -0.25) is 4.79 Å². The van der Waals surface area contributed by atoms with Crippen LogP contribution >= 0.6 is 15.9 Å². The van der Waals surface area contributed by atoms with Crippen molar-refractivity contribution in [2.45, 2.75) is 51.2 Å². The van der Waals surface area contributed by atoms with Gasteiger partial charge in [0.15, 0.2) is 0 Å². The first-order valence-corrected chi connectivity index (χ1v) is 9.41. The second-order valence-corrected chi connectivity index (χ2v) is 7.96. The average molecular weight is 431 g/mol. The van der Waals surface area contributed by atoms with E-state index in [0.717, 1.165) is 5.56 Å². The Morgan fingerprint density at radius 1 is 1.12 bits per heavy atom. The molecule has 3 atom stereocenters. The molecule has 1 N–H and O–H groups in total. The Balaban J connectivity index is 2.47. The maximum absolute atomic E-state index is 12.5. The Morgan fingerprint density at radius 3 is 2.31 bits per heavy atom. The number of rotatable bonds is 9. The molecule has 1 aromatic rings. The minimum atomic E-state index is -0.904.